The molecule has 2 rings (SSSR count). The van der Waals surface area contributed by atoms with Crippen LogP contribution in [0.1, 0.15) is 24.0 Å². The molecule has 1 aliphatic rings. The van der Waals surface area contributed by atoms with E-state index in [0.717, 1.165) is 24.3 Å². The molecule has 1 aromatic carbocycles. The lowest BCUT2D eigenvalue weighted by molar-refractivity contribution is 0.725. The molecule has 1 aromatic rings. The van der Waals surface area contributed by atoms with Gasteiger partial charge in [-0.1, -0.05) is 6.07 Å². The number of nitrogens with zero attached hydrogens (tertiary/aromatic N) is 2. The SMILES string of the molecule is CN=C(NCc1ccc(N(C)C)cc1C)NCC1CCCS1.I. The Bertz CT molecular complexity index is 513. The molecule has 23 heavy (non-hydrogen) atoms. The van der Waals surface area contributed by atoms with E-state index in [1.54, 1.807) is 0 Å². The van der Waals surface area contributed by atoms with Gasteiger partial charge in [-0.05, 0) is 48.8 Å². The van der Waals surface area contributed by atoms with Crippen molar-refractivity contribution in [1.29, 1.82) is 0 Å². The average Bonchev–Trinajstić information content (AvgIpc) is 3.01. The molecule has 0 amide bonds. The van der Waals surface area contributed by atoms with Gasteiger partial charge in [-0.25, -0.2) is 0 Å². The Morgan fingerprint density at radius 1 is 1.35 bits per heavy atom. The average molecular weight is 448 g/mol. The van der Waals surface area contributed by atoms with Crippen molar-refractivity contribution in [1.82, 2.24) is 10.6 Å². The van der Waals surface area contributed by atoms with Gasteiger partial charge < -0.3 is 15.5 Å². The molecule has 1 fully saturated rings. The fourth-order valence-electron chi connectivity index (χ4n) is 2.57. The maximum atomic E-state index is 4.32. The Hall–Kier alpha value is -0.630. The Labute approximate surface area is 161 Å². The van der Waals surface area contributed by atoms with Gasteiger partial charge in [0, 0.05) is 45.2 Å². The summed E-state index contributed by atoms with van der Waals surface area (Å²) in [6.45, 7) is 3.97. The first-order chi connectivity index (χ1) is 10.6. The summed E-state index contributed by atoms with van der Waals surface area (Å²) < 4.78 is 0. The number of rotatable bonds is 5. The Balaban J connectivity index is 0.00000264. The predicted octanol–water partition coefficient (Wildman–Crippen LogP) is 3.24. The van der Waals surface area contributed by atoms with E-state index in [1.807, 2.05) is 7.05 Å². The first-order valence-corrected chi connectivity index (χ1v) is 8.98. The lowest BCUT2D eigenvalue weighted by atomic mass is 10.1. The number of benzene rings is 1. The van der Waals surface area contributed by atoms with E-state index in [4.69, 9.17) is 0 Å². The highest BCUT2D eigenvalue weighted by Crippen LogP contribution is 2.25. The van der Waals surface area contributed by atoms with Crippen molar-refractivity contribution >= 4 is 47.4 Å². The molecule has 0 aliphatic carbocycles. The van der Waals surface area contributed by atoms with Crippen LogP contribution in [-0.4, -0.2) is 44.7 Å². The van der Waals surface area contributed by atoms with Crippen LogP contribution in [0.4, 0.5) is 5.69 Å². The summed E-state index contributed by atoms with van der Waals surface area (Å²) in [5.41, 5.74) is 3.85. The maximum absolute atomic E-state index is 4.32. The number of aliphatic imine (C=N–C) groups is 1. The van der Waals surface area contributed by atoms with Gasteiger partial charge in [-0.2, -0.15) is 11.8 Å². The molecule has 1 heterocycles. The van der Waals surface area contributed by atoms with Crippen LogP contribution in [0.5, 0.6) is 0 Å². The molecule has 0 saturated carbocycles. The first-order valence-electron chi connectivity index (χ1n) is 7.93. The molecule has 0 radical (unpaired) electrons. The quantitative estimate of drug-likeness (QED) is 0.412. The highest BCUT2D eigenvalue weighted by atomic mass is 127. The Morgan fingerprint density at radius 3 is 2.70 bits per heavy atom. The third-order valence-corrected chi connectivity index (χ3v) is 5.43. The van der Waals surface area contributed by atoms with Gasteiger partial charge in [0.2, 0.25) is 0 Å². The minimum absolute atomic E-state index is 0. The summed E-state index contributed by atoms with van der Waals surface area (Å²) in [6.07, 6.45) is 2.67. The summed E-state index contributed by atoms with van der Waals surface area (Å²) in [5, 5.41) is 7.59. The maximum Gasteiger partial charge on any atom is 0.191 e. The van der Waals surface area contributed by atoms with Crippen molar-refractivity contribution in [3.05, 3.63) is 29.3 Å². The minimum Gasteiger partial charge on any atom is -0.378 e. The lowest BCUT2D eigenvalue weighted by Crippen LogP contribution is -2.39. The van der Waals surface area contributed by atoms with Gasteiger partial charge >= 0.3 is 0 Å². The van der Waals surface area contributed by atoms with Crippen LogP contribution in [0.15, 0.2) is 23.2 Å². The van der Waals surface area contributed by atoms with Gasteiger partial charge in [-0.3, -0.25) is 4.99 Å². The van der Waals surface area contributed by atoms with Gasteiger partial charge in [0.1, 0.15) is 0 Å². The van der Waals surface area contributed by atoms with E-state index in [0.29, 0.717) is 0 Å². The fourth-order valence-corrected chi connectivity index (χ4v) is 3.77. The molecular weight excluding hydrogens is 419 g/mol. The molecule has 1 atom stereocenters. The highest BCUT2D eigenvalue weighted by molar-refractivity contribution is 14.0. The van der Waals surface area contributed by atoms with Crippen LogP contribution in [0.2, 0.25) is 0 Å². The van der Waals surface area contributed by atoms with Crippen molar-refractivity contribution in [2.75, 3.05) is 38.3 Å². The van der Waals surface area contributed by atoms with Crippen molar-refractivity contribution in [2.24, 2.45) is 4.99 Å². The van der Waals surface area contributed by atoms with E-state index < -0.39 is 0 Å². The molecule has 4 nitrogen and oxygen atoms in total. The molecular formula is C17H29IN4S. The summed E-state index contributed by atoms with van der Waals surface area (Å²) >= 11 is 2.07. The smallest absolute Gasteiger partial charge is 0.191 e. The zero-order valence-corrected chi connectivity index (χ0v) is 17.7. The van der Waals surface area contributed by atoms with Crippen LogP contribution in [0.3, 0.4) is 0 Å². The second-order valence-electron chi connectivity index (χ2n) is 5.95. The second-order valence-corrected chi connectivity index (χ2v) is 7.36. The third kappa shape index (κ3) is 6.41. The molecule has 1 saturated heterocycles. The van der Waals surface area contributed by atoms with E-state index in [9.17, 15) is 0 Å². The molecule has 6 heteroatoms. The summed E-state index contributed by atoms with van der Waals surface area (Å²) in [7, 11) is 5.97. The first kappa shape index (κ1) is 20.4. The van der Waals surface area contributed by atoms with Crippen LogP contribution in [-0.2, 0) is 6.54 Å². The predicted molar refractivity (Wildman–Crippen MR) is 115 cm³/mol. The monoisotopic (exact) mass is 448 g/mol. The van der Waals surface area contributed by atoms with E-state index in [1.165, 1.54) is 35.4 Å². The molecule has 1 unspecified atom stereocenters. The molecule has 0 bridgehead atoms. The highest BCUT2D eigenvalue weighted by Gasteiger charge is 2.15. The molecule has 1 aliphatic heterocycles. The normalized spacial score (nSPS) is 17.6. The molecule has 2 N–H and O–H groups in total. The van der Waals surface area contributed by atoms with Crippen molar-refractivity contribution in [2.45, 2.75) is 31.6 Å². The summed E-state index contributed by atoms with van der Waals surface area (Å²) in [4.78, 5) is 6.45. The van der Waals surface area contributed by atoms with Crippen LogP contribution in [0, 0.1) is 6.92 Å². The summed E-state index contributed by atoms with van der Waals surface area (Å²) in [5.74, 6) is 2.19. The number of aryl methyl sites for hydroxylation is 1. The van der Waals surface area contributed by atoms with Crippen molar-refractivity contribution < 1.29 is 0 Å². The largest absolute Gasteiger partial charge is 0.378 e. The van der Waals surface area contributed by atoms with E-state index >= 15 is 0 Å². The zero-order chi connectivity index (χ0) is 15.9. The number of anilines is 1. The number of halogens is 1. The second kappa shape index (κ2) is 10.3. The van der Waals surface area contributed by atoms with Gasteiger partial charge in [-0.15, -0.1) is 24.0 Å². The minimum atomic E-state index is 0. The number of hydrogen-bond acceptors (Lipinski definition) is 3. The number of nitrogens with one attached hydrogen (secondary N) is 2. The van der Waals surface area contributed by atoms with Gasteiger partial charge in [0.05, 0.1) is 0 Å². The zero-order valence-electron chi connectivity index (χ0n) is 14.6. The Morgan fingerprint density at radius 2 is 2.13 bits per heavy atom. The molecule has 130 valence electrons. The number of thioether (sulfide) groups is 1. The number of hydrogen-bond donors (Lipinski definition) is 2. The van der Waals surface area contributed by atoms with Gasteiger partial charge in [0.25, 0.3) is 0 Å². The Kier molecular flexibility index (Phi) is 9.12. The third-order valence-electron chi connectivity index (χ3n) is 4.03. The van der Waals surface area contributed by atoms with Crippen molar-refractivity contribution in [3.63, 3.8) is 0 Å². The van der Waals surface area contributed by atoms with Gasteiger partial charge in [0.15, 0.2) is 5.96 Å². The van der Waals surface area contributed by atoms with E-state index in [2.05, 4.69) is 71.5 Å². The molecule has 0 spiro atoms. The fraction of sp³-hybridized carbons (Fsp3) is 0.588. The van der Waals surface area contributed by atoms with Crippen molar-refractivity contribution in [3.8, 4) is 0 Å². The summed E-state index contributed by atoms with van der Waals surface area (Å²) in [6, 6.07) is 6.58. The van der Waals surface area contributed by atoms with Crippen LogP contribution < -0.4 is 15.5 Å². The standard InChI is InChI=1S/C17H28N4S.HI/c1-13-10-15(21(3)4)8-7-14(13)11-19-17(18-2)20-12-16-6-5-9-22-16;/h7-8,10,16H,5-6,9,11-12H2,1-4H3,(H2,18,19,20);1H. The topological polar surface area (TPSA) is 39.7 Å². The van der Waals surface area contributed by atoms with Crippen LogP contribution in [0.25, 0.3) is 0 Å². The molecule has 0 aromatic heterocycles. The lowest BCUT2D eigenvalue weighted by Gasteiger charge is -2.17. The van der Waals surface area contributed by atoms with Crippen LogP contribution >= 0.6 is 35.7 Å². The van der Waals surface area contributed by atoms with E-state index in [-0.39, 0.29) is 24.0 Å². The number of guanidine groups is 1.